The molecule has 3 saturated heterocycles. The maximum absolute atomic E-state index is 16.4. The molecule has 0 radical (unpaired) electrons. The van der Waals surface area contributed by atoms with Crippen molar-refractivity contribution in [3.8, 4) is 17.1 Å². The van der Waals surface area contributed by atoms with Gasteiger partial charge in [0.2, 0.25) is 0 Å². The summed E-state index contributed by atoms with van der Waals surface area (Å²) in [5, 5.41) is 4.94. The maximum atomic E-state index is 16.4. The van der Waals surface area contributed by atoms with Crippen LogP contribution in [0.5, 0.6) is 6.01 Å². The Hall–Kier alpha value is -3.01. The van der Waals surface area contributed by atoms with E-state index in [9.17, 15) is 0 Å². The molecule has 2 aromatic carbocycles. The van der Waals surface area contributed by atoms with Gasteiger partial charge in [-0.2, -0.15) is 9.97 Å². The van der Waals surface area contributed by atoms with Crippen molar-refractivity contribution in [2.45, 2.75) is 43.8 Å². The number of ether oxygens (including phenoxy) is 1. The number of aromatic amines is 1. The number of hydrogen-bond donors (Lipinski definition) is 2. The van der Waals surface area contributed by atoms with E-state index >= 15 is 8.78 Å². The van der Waals surface area contributed by atoms with Crippen LogP contribution < -0.4 is 15.0 Å². The summed E-state index contributed by atoms with van der Waals surface area (Å²) in [6, 6.07) is 7.73. The average molecular weight is 539 g/mol. The van der Waals surface area contributed by atoms with Gasteiger partial charge in [0.25, 0.3) is 0 Å². The van der Waals surface area contributed by atoms with E-state index in [0.29, 0.717) is 51.4 Å². The Bertz CT molecular complexity index is 1530. The number of hydrogen-bond acceptors (Lipinski definition) is 6. The third kappa shape index (κ3) is 3.99. The molecule has 2 aromatic heterocycles. The third-order valence-corrected chi connectivity index (χ3v) is 8.67. The number of rotatable bonds is 5. The number of anilines is 1. The molecule has 0 spiro atoms. The van der Waals surface area contributed by atoms with Gasteiger partial charge in [-0.15, -0.1) is 0 Å². The predicted molar refractivity (Wildman–Crippen MR) is 145 cm³/mol. The topological polar surface area (TPSA) is 69.3 Å². The van der Waals surface area contributed by atoms with E-state index in [-0.39, 0.29) is 23.1 Å². The molecule has 2 unspecified atom stereocenters. The van der Waals surface area contributed by atoms with Crippen molar-refractivity contribution >= 4 is 39.2 Å². The molecule has 3 aliphatic heterocycles. The summed E-state index contributed by atoms with van der Waals surface area (Å²) in [5.41, 5.74) is 0.950. The number of fused-ring (bicyclic) bond motifs is 4. The van der Waals surface area contributed by atoms with Crippen LogP contribution in [0.2, 0.25) is 5.02 Å². The standard InChI is InChI=1S/C28H29ClF2N6O/c1-36-9-3-4-17(36)14-38-28-34-26-18(27(35-28)37-12-15-7-8-16(13-37)33-15)10-21(30)24(25(26)31)19-11-32-22-6-2-5-20(29)23(19)22/h2,5-6,10-11,15-17,32-33H,3-4,7-9,12-14H2,1H3/t15?,16?,17-/m0/s1. The van der Waals surface area contributed by atoms with Crippen LogP contribution in [0.1, 0.15) is 25.7 Å². The Morgan fingerprint density at radius 1 is 1.13 bits per heavy atom. The summed E-state index contributed by atoms with van der Waals surface area (Å²) in [7, 11) is 2.07. The third-order valence-electron chi connectivity index (χ3n) is 8.36. The van der Waals surface area contributed by atoms with Crippen LogP contribution in [0.15, 0.2) is 30.5 Å². The van der Waals surface area contributed by atoms with Gasteiger partial charge in [0.1, 0.15) is 23.8 Å². The number of nitrogens with one attached hydrogen (secondary N) is 2. The van der Waals surface area contributed by atoms with Crippen LogP contribution in [0.4, 0.5) is 14.6 Å². The van der Waals surface area contributed by atoms with Gasteiger partial charge < -0.3 is 24.8 Å². The van der Waals surface area contributed by atoms with Gasteiger partial charge in [-0.3, -0.25) is 0 Å². The fourth-order valence-corrected chi connectivity index (χ4v) is 6.66. The summed E-state index contributed by atoms with van der Waals surface area (Å²) in [6.45, 7) is 2.88. The van der Waals surface area contributed by atoms with Crippen molar-refractivity contribution in [1.29, 1.82) is 0 Å². The van der Waals surface area contributed by atoms with Crippen LogP contribution >= 0.6 is 11.6 Å². The summed E-state index contributed by atoms with van der Waals surface area (Å²) in [6.07, 6.45) is 5.89. The zero-order valence-electron chi connectivity index (χ0n) is 21.1. The second kappa shape index (κ2) is 9.32. The molecule has 2 N–H and O–H groups in total. The van der Waals surface area contributed by atoms with Crippen LogP contribution in [-0.4, -0.2) is 71.3 Å². The number of benzene rings is 2. The fourth-order valence-electron chi connectivity index (χ4n) is 6.38. The van der Waals surface area contributed by atoms with E-state index in [1.54, 1.807) is 18.3 Å². The number of likely N-dealkylation sites (tertiary alicyclic amines) is 1. The molecule has 4 aromatic rings. The number of nitrogens with zero attached hydrogens (tertiary/aromatic N) is 4. The molecule has 0 saturated carbocycles. The first kappa shape index (κ1) is 24.1. The molecule has 5 heterocycles. The molecule has 0 aliphatic carbocycles. The molecule has 198 valence electrons. The van der Waals surface area contributed by atoms with E-state index in [4.69, 9.17) is 21.3 Å². The van der Waals surface area contributed by atoms with Crippen molar-refractivity contribution in [3.05, 3.63) is 47.1 Å². The molecule has 2 bridgehead atoms. The minimum Gasteiger partial charge on any atom is -0.462 e. The highest BCUT2D eigenvalue weighted by Crippen LogP contribution is 2.41. The lowest BCUT2D eigenvalue weighted by molar-refractivity contribution is 0.188. The summed E-state index contributed by atoms with van der Waals surface area (Å²) < 4.78 is 38.2. The lowest BCUT2D eigenvalue weighted by Gasteiger charge is -2.34. The maximum Gasteiger partial charge on any atom is 0.319 e. The number of halogens is 3. The molecular formula is C28H29ClF2N6O. The quantitative estimate of drug-likeness (QED) is 0.367. The van der Waals surface area contributed by atoms with Crippen molar-refractivity contribution in [2.75, 3.05) is 38.2 Å². The van der Waals surface area contributed by atoms with E-state index in [2.05, 4.69) is 32.1 Å². The van der Waals surface area contributed by atoms with Crippen LogP contribution in [0.3, 0.4) is 0 Å². The van der Waals surface area contributed by atoms with Gasteiger partial charge in [0.15, 0.2) is 5.82 Å². The van der Waals surface area contributed by atoms with E-state index in [1.165, 1.54) is 6.07 Å². The van der Waals surface area contributed by atoms with Crippen LogP contribution in [-0.2, 0) is 0 Å². The Labute approximate surface area is 224 Å². The highest BCUT2D eigenvalue weighted by Gasteiger charge is 2.34. The Morgan fingerprint density at radius 3 is 2.71 bits per heavy atom. The average Bonchev–Trinajstić information content (AvgIpc) is 3.61. The molecule has 3 aliphatic rings. The predicted octanol–water partition coefficient (Wildman–Crippen LogP) is 5.12. The smallest absolute Gasteiger partial charge is 0.319 e. The SMILES string of the molecule is CN1CCC[C@H]1COc1nc(N2CC3CCC(C2)N3)c2cc(F)c(-c3c[nH]c4cccc(Cl)c34)c(F)c2n1. The second-order valence-corrected chi connectivity index (χ2v) is 11.2. The molecule has 3 atom stereocenters. The van der Waals surface area contributed by atoms with Crippen LogP contribution in [0.25, 0.3) is 32.9 Å². The van der Waals surface area contributed by atoms with Crippen molar-refractivity contribution in [2.24, 2.45) is 0 Å². The number of H-pyrrole nitrogens is 1. The molecule has 38 heavy (non-hydrogen) atoms. The van der Waals surface area contributed by atoms with Crippen molar-refractivity contribution in [1.82, 2.24) is 25.2 Å². The number of likely N-dealkylation sites (N-methyl/N-ethyl adjacent to an activating group) is 1. The van der Waals surface area contributed by atoms with Gasteiger partial charge in [-0.05, 0) is 57.5 Å². The molecule has 7 rings (SSSR count). The first-order chi connectivity index (χ1) is 18.5. The summed E-state index contributed by atoms with van der Waals surface area (Å²) in [4.78, 5) is 16.7. The highest BCUT2D eigenvalue weighted by molar-refractivity contribution is 6.36. The van der Waals surface area contributed by atoms with Gasteiger partial charge >= 0.3 is 6.01 Å². The van der Waals surface area contributed by atoms with Crippen molar-refractivity contribution in [3.63, 3.8) is 0 Å². The minimum atomic E-state index is -0.745. The lowest BCUT2D eigenvalue weighted by atomic mass is 10.0. The monoisotopic (exact) mass is 538 g/mol. The van der Waals surface area contributed by atoms with Crippen molar-refractivity contribution < 1.29 is 13.5 Å². The van der Waals surface area contributed by atoms with E-state index in [0.717, 1.165) is 45.3 Å². The zero-order chi connectivity index (χ0) is 26.0. The zero-order valence-corrected chi connectivity index (χ0v) is 21.9. The minimum absolute atomic E-state index is 0.0495. The highest BCUT2D eigenvalue weighted by atomic mass is 35.5. The Morgan fingerprint density at radius 2 is 1.95 bits per heavy atom. The largest absolute Gasteiger partial charge is 0.462 e. The lowest BCUT2D eigenvalue weighted by Crippen LogP contribution is -2.51. The van der Waals surface area contributed by atoms with E-state index in [1.807, 2.05) is 6.07 Å². The first-order valence-corrected chi connectivity index (χ1v) is 13.6. The van der Waals surface area contributed by atoms with Crippen LogP contribution in [0, 0.1) is 11.6 Å². The summed E-state index contributed by atoms with van der Waals surface area (Å²) in [5.74, 6) is -0.907. The molecule has 7 nitrogen and oxygen atoms in total. The molecule has 3 fully saturated rings. The van der Waals surface area contributed by atoms with E-state index < -0.39 is 11.6 Å². The number of aromatic nitrogens is 3. The Balaban J connectivity index is 1.37. The molecule has 10 heteroatoms. The molecular weight excluding hydrogens is 510 g/mol. The Kier molecular flexibility index (Phi) is 5.90. The fraction of sp³-hybridized carbons (Fsp3) is 0.429. The van der Waals surface area contributed by atoms with Gasteiger partial charge in [0, 0.05) is 59.3 Å². The summed E-state index contributed by atoms with van der Waals surface area (Å²) >= 11 is 6.45. The van der Waals surface area contributed by atoms with Gasteiger partial charge in [0.05, 0.1) is 10.6 Å². The van der Waals surface area contributed by atoms with Gasteiger partial charge in [-0.25, -0.2) is 8.78 Å². The van der Waals surface area contributed by atoms with Gasteiger partial charge in [-0.1, -0.05) is 17.7 Å². The first-order valence-electron chi connectivity index (χ1n) is 13.3. The second-order valence-electron chi connectivity index (χ2n) is 10.8. The molecule has 0 amide bonds. The number of piperazine rings is 1. The normalized spacial score (nSPS) is 23.7.